The number of sulfonamides is 1. The molecule has 2 atom stereocenters. The standard InChI is InChI=1S/C18H24N2O6S/c1-12-10-20(11-13(2)26-12)27(24,25)15-6-4-14(5-7-15)16(21)19-18(17(22)23)8-3-9-18/h4-7,12-13H,3,8-11H2,1-2H3,(H,19,21)(H,22,23). The van der Waals surface area contributed by atoms with Gasteiger partial charge in [-0.05, 0) is 57.4 Å². The first-order valence-electron chi connectivity index (χ1n) is 8.96. The minimum absolute atomic E-state index is 0.0944. The summed E-state index contributed by atoms with van der Waals surface area (Å²) < 4.78 is 32.6. The van der Waals surface area contributed by atoms with Crippen molar-refractivity contribution in [2.24, 2.45) is 0 Å². The maximum atomic E-state index is 12.8. The van der Waals surface area contributed by atoms with Crippen LogP contribution in [0, 0.1) is 0 Å². The number of rotatable bonds is 5. The van der Waals surface area contributed by atoms with Crippen molar-refractivity contribution in [1.29, 1.82) is 0 Å². The predicted octanol–water partition coefficient (Wildman–Crippen LogP) is 1.22. The normalized spacial score (nSPS) is 25.4. The highest BCUT2D eigenvalue weighted by molar-refractivity contribution is 7.89. The number of amides is 1. The Morgan fingerprint density at radius 1 is 1.15 bits per heavy atom. The number of nitrogens with zero attached hydrogens (tertiary/aromatic N) is 1. The molecule has 1 aliphatic heterocycles. The number of benzene rings is 1. The first kappa shape index (κ1) is 19.8. The summed E-state index contributed by atoms with van der Waals surface area (Å²) in [6.45, 7) is 4.20. The van der Waals surface area contributed by atoms with Gasteiger partial charge in [-0.25, -0.2) is 13.2 Å². The highest BCUT2D eigenvalue weighted by Gasteiger charge is 2.45. The molecular formula is C18H24N2O6S. The number of carboxylic acids is 1. The van der Waals surface area contributed by atoms with E-state index in [0.717, 1.165) is 6.42 Å². The molecule has 1 amide bonds. The molecule has 1 aliphatic carbocycles. The van der Waals surface area contributed by atoms with Crippen LogP contribution in [0.25, 0.3) is 0 Å². The Hall–Kier alpha value is -1.97. The average molecular weight is 396 g/mol. The lowest BCUT2D eigenvalue weighted by atomic mass is 9.76. The maximum Gasteiger partial charge on any atom is 0.329 e. The molecule has 0 radical (unpaired) electrons. The van der Waals surface area contributed by atoms with E-state index in [1.54, 1.807) is 0 Å². The van der Waals surface area contributed by atoms with Gasteiger partial charge in [0.1, 0.15) is 5.54 Å². The number of nitrogens with one attached hydrogen (secondary N) is 1. The summed E-state index contributed by atoms with van der Waals surface area (Å²) in [5, 5.41) is 11.9. The molecule has 27 heavy (non-hydrogen) atoms. The molecule has 2 N–H and O–H groups in total. The van der Waals surface area contributed by atoms with Crippen molar-refractivity contribution < 1.29 is 27.9 Å². The van der Waals surface area contributed by atoms with E-state index in [1.807, 2.05) is 13.8 Å². The Morgan fingerprint density at radius 2 is 1.70 bits per heavy atom. The van der Waals surface area contributed by atoms with E-state index < -0.39 is 27.4 Å². The number of hydrogen-bond acceptors (Lipinski definition) is 5. The molecule has 1 aromatic carbocycles. The van der Waals surface area contributed by atoms with Crippen molar-refractivity contribution in [3.8, 4) is 0 Å². The van der Waals surface area contributed by atoms with Crippen LogP contribution in [0.15, 0.2) is 29.2 Å². The molecule has 9 heteroatoms. The number of hydrogen-bond donors (Lipinski definition) is 2. The van der Waals surface area contributed by atoms with Gasteiger partial charge in [0.25, 0.3) is 5.91 Å². The van der Waals surface area contributed by atoms with Crippen LogP contribution in [0.2, 0.25) is 0 Å². The molecule has 1 saturated heterocycles. The van der Waals surface area contributed by atoms with Gasteiger partial charge in [0.15, 0.2) is 0 Å². The molecular weight excluding hydrogens is 372 g/mol. The Balaban J connectivity index is 1.74. The summed E-state index contributed by atoms with van der Waals surface area (Å²) in [6.07, 6.45) is 1.16. The zero-order chi connectivity index (χ0) is 19.8. The van der Waals surface area contributed by atoms with Gasteiger partial charge in [-0.15, -0.1) is 0 Å². The fourth-order valence-electron chi connectivity index (χ4n) is 3.47. The molecule has 1 saturated carbocycles. The fraction of sp³-hybridized carbons (Fsp3) is 0.556. The third-order valence-corrected chi connectivity index (χ3v) is 6.96. The van der Waals surface area contributed by atoms with Crippen LogP contribution in [0.3, 0.4) is 0 Å². The van der Waals surface area contributed by atoms with Gasteiger partial charge in [-0.2, -0.15) is 4.31 Å². The fourth-order valence-corrected chi connectivity index (χ4v) is 5.06. The lowest BCUT2D eigenvalue weighted by Gasteiger charge is -2.38. The van der Waals surface area contributed by atoms with Crippen LogP contribution in [-0.4, -0.2) is 60.5 Å². The number of ether oxygens (including phenoxy) is 1. The third-order valence-electron chi connectivity index (χ3n) is 5.11. The van der Waals surface area contributed by atoms with Crippen molar-refractivity contribution in [2.45, 2.75) is 55.8 Å². The Bertz CT molecular complexity index is 822. The molecule has 1 heterocycles. The molecule has 1 aromatic rings. The molecule has 0 bridgehead atoms. The minimum Gasteiger partial charge on any atom is -0.480 e. The van der Waals surface area contributed by atoms with Crippen LogP contribution in [-0.2, 0) is 19.6 Å². The highest BCUT2D eigenvalue weighted by Crippen LogP contribution is 2.32. The number of carbonyl (C=O) groups is 2. The Labute approximate surface area is 158 Å². The summed E-state index contributed by atoms with van der Waals surface area (Å²) >= 11 is 0. The minimum atomic E-state index is -3.68. The number of carboxylic acid groups (broad SMARTS) is 1. The lowest BCUT2D eigenvalue weighted by molar-refractivity contribution is -0.148. The summed E-state index contributed by atoms with van der Waals surface area (Å²) in [5.41, 5.74) is -0.979. The summed E-state index contributed by atoms with van der Waals surface area (Å²) in [5.74, 6) is -1.56. The van der Waals surface area contributed by atoms with E-state index in [9.17, 15) is 23.1 Å². The van der Waals surface area contributed by atoms with Gasteiger partial charge in [0.05, 0.1) is 17.1 Å². The molecule has 2 fully saturated rings. The average Bonchev–Trinajstić information content (AvgIpc) is 2.56. The maximum absolute atomic E-state index is 12.8. The zero-order valence-corrected chi connectivity index (χ0v) is 16.2. The summed E-state index contributed by atoms with van der Waals surface area (Å²) in [4.78, 5) is 23.8. The topological polar surface area (TPSA) is 113 Å². The molecule has 148 valence electrons. The first-order chi connectivity index (χ1) is 12.6. The second kappa shape index (κ2) is 7.21. The largest absolute Gasteiger partial charge is 0.480 e. The van der Waals surface area contributed by atoms with Crippen molar-refractivity contribution in [1.82, 2.24) is 9.62 Å². The highest BCUT2D eigenvalue weighted by atomic mass is 32.2. The molecule has 0 aromatic heterocycles. The van der Waals surface area contributed by atoms with Crippen molar-refractivity contribution in [3.63, 3.8) is 0 Å². The molecule has 8 nitrogen and oxygen atoms in total. The Kier molecular flexibility index (Phi) is 5.29. The smallest absolute Gasteiger partial charge is 0.329 e. The van der Waals surface area contributed by atoms with Crippen LogP contribution in [0.1, 0.15) is 43.5 Å². The van der Waals surface area contributed by atoms with Gasteiger partial charge >= 0.3 is 5.97 Å². The van der Waals surface area contributed by atoms with Gasteiger partial charge < -0.3 is 15.2 Å². The van der Waals surface area contributed by atoms with Crippen LogP contribution in [0.4, 0.5) is 0 Å². The van der Waals surface area contributed by atoms with E-state index in [-0.39, 0.29) is 35.8 Å². The zero-order valence-electron chi connectivity index (χ0n) is 15.3. The quantitative estimate of drug-likeness (QED) is 0.774. The van der Waals surface area contributed by atoms with Gasteiger partial charge in [-0.3, -0.25) is 4.79 Å². The third kappa shape index (κ3) is 3.85. The van der Waals surface area contributed by atoms with Gasteiger partial charge in [-0.1, -0.05) is 0 Å². The predicted molar refractivity (Wildman–Crippen MR) is 96.9 cm³/mol. The van der Waals surface area contributed by atoms with Crippen molar-refractivity contribution >= 4 is 21.9 Å². The van der Waals surface area contributed by atoms with E-state index in [0.29, 0.717) is 12.8 Å². The number of carbonyl (C=O) groups excluding carboxylic acids is 1. The molecule has 3 rings (SSSR count). The Morgan fingerprint density at radius 3 is 2.15 bits per heavy atom. The van der Waals surface area contributed by atoms with Crippen LogP contribution < -0.4 is 5.32 Å². The summed E-state index contributed by atoms with van der Waals surface area (Å²) in [7, 11) is -3.68. The van der Waals surface area contributed by atoms with E-state index in [2.05, 4.69) is 5.32 Å². The second-order valence-electron chi connectivity index (χ2n) is 7.30. The van der Waals surface area contributed by atoms with Gasteiger partial charge in [0, 0.05) is 18.7 Å². The SMILES string of the molecule is CC1CN(S(=O)(=O)c2ccc(C(=O)NC3(C(=O)O)CCC3)cc2)CC(C)O1. The van der Waals surface area contributed by atoms with E-state index in [1.165, 1.54) is 28.6 Å². The number of morpholine rings is 1. The summed E-state index contributed by atoms with van der Waals surface area (Å²) in [6, 6.07) is 5.57. The molecule has 2 unspecified atom stereocenters. The van der Waals surface area contributed by atoms with Crippen molar-refractivity contribution in [2.75, 3.05) is 13.1 Å². The monoisotopic (exact) mass is 396 g/mol. The molecule has 0 spiro atoms. The number of aliphatic carboxylic acids is 1. The van der Waals surface area contributed by atoms with Crippen LogP contribution in [0.5, 0.6) is 0 Å². The van der Waals surface area contributed by atoms with Gasteiger partial charge in [0.2, 0.25) is 10.0 Å². The molecule has 2 aliphatic rings. The second-order valence-corrected chi connectivity index (χ2v) is 9.24. The van der Waals surface area contributed by atoms with Crippen LogP contribution >= 0.6 is 0 Å². The van der Waals surface area contributed by atoms with E-state index >= 15 is 0 Å². The lowest BCUT2D eigenvalue weighted by Crippen LogP contribution is -2.59. The first-order valence-corrected chi connectivity index (χ1v) is 10.4. The van der Waals surface area contributed by atoms with Crippen molar-refractivity contribution in [3.05, 3.63) is 29.8 Å². The van der Waals surface area contributed by atoms with E-state index in [4.69, 9.17) is 4.74 Å².